The molecule has 2 heterocycles. The zero-order valence-electron chi connectivity index (χ0n) is 11.4. The van der Waals surface area contributed by atoms with Crippen LogP contribution in [-0.2, 0) is 4.79 Å². The lowest BCUT2D eigenvalue weighted by Gasteiger charge is -2.38. The largest absolute Gasteiger partial charge is 0.391 e. The highest BCUT2D eigenvalue weighted by Crippen LogP contribution is 2.27. The third-order valence-corrected chi connectivity index (χ3v) is 4.21. The molecule has 0 bridgehead atoms. The number of carbonyl (C=O) groups is 1. The van der Waals surface area contributed by atoms with Crippen molar-refractivity contribution in [3.63, 3.8) is 0 Å². The lowest BCUT2D eigenvalue weighted by atomic mass is 9.95. The van der Waals surface area contributed by atoms with Crippen LogP contribution >= 0.6 is 0 Å². The summed E-state index contributed by atoms with van der Waals surface area (Å²) in [6.45, 7) is 4.13. The van der Waals surface area contributed by atoms with Gasteiger partial charge in [-0.25, -0.2) is 0 Å². The fraction of sp³-hybridized carbons (Fsp3) is 0.929. The molecule has 2 aliphatic heterocycles. The number of unbranched alkanes of at least 4 members (excludes halogenated alkanes) is 2. The van der Waals surface area contributed by atoms with Gasteiger partial charge >= 0.3 is 0 Å². The van der Waals surface area contributed by atoms with Gasteiger partial charge in [-0.2, -0.15) is 0 Å². The Morgan fingerprint density at radius 3 is 3.06 bits per heavy atom. The maximum absolute atomic E-state index is 11.8. The number of hydrogen-bond donors (Lipinski definition) is 2. The lowest BCUT2D eigenvalue weighted by molar-refractivity contribution is -0.122. The summed E-state index contributed by atoms with van der Waals surface area (Å²) in [5.74, 6) is 0.151. The van der Waals surface area contributed by atoms with E-state index in [9.17, 15) is 9.90 Å². The van der Waals surface area contributed by atoms with Crippen LogP contribution in [-0.4, -0.2) is 47.2 Å². The number of hydrogen-bond acceptors (Lipinski definition) is 3. The maximum Gasteiger partial charge on any atom is 0.220 e. The molecule has 2 rings (SSSR count). The van der Waals surface area contributed by atoms with Crippen LogP contribution in [0.5, 0.6) is 0 Å². The van der Waals surface area contributed by atoms with E-state index in [4.69, 9.17) is 0 Å². The Bertz CT molecular complexity index is 283. The Hall–Kier alpha value is -0.610. The predicted molar refractivity (Wildman–Crippen MR) is 71.3 cm³/mol. The van der Waals surface area contributed by atoms with Crippen molar-refractivity contribution in [1.82, 2.24) is 10.2 Å². The molecule has 2 unspecified atom stereocenters. The molecule has 0 aliphatic carbocycles. The number of aliphatic hydroxyl groups is 1. The van der Waals surface area contributed by atoms with Gasteiger partial charge in [0.1, 0.15) is 0 Å². The molecule has 104 valence electrons. The smallest absolute Gasteiger partial charge is 0.220 e. The molecule has 0 aromatic rings. The van der Waals surface area contributed by atoms with Gasteiger partial charge in [0, 0.05) is 25.0 Å². The summed E-state index contributed by atoms with van der Waals surface area (Å²) < 4.78 is 0. The van der Waals surface area contributed by atoms with Gasteiger partial charge in [0.25, 0.3) is 0 Å². The van der Waals surface area contributed by atoms with Crippen LogP contribution in [0.1, 0.15) is 51.9 Å². The van der Waals surface area contributed by atoms with Crippen LogP contribution < -0.4 is 5.32 Å². The average molecular weight is 254 g/mol. The third kappa shape index (κ3) is 3.45. The molecule has 4 nitrogen and oxygen atoms in total. The van der Waals surface area contributed by atoms with Gasteiger partial charge in [-0.1, -0.05) is 19.8 Å². The normalized spacial score (nSPS) is 32.2. The molecule has 2 N–H and O–H groups in total. The van der Waals surface area contributed by atoms with E-state index in [1.54, 1.807) is 0 Å². The number of amides is 1. The Kier molecular flexibility index (Phi) is 5.01. The summed E-state index contributed by atoms with van der Waals surface area (Å²) in [7, 11) is 0. The molecule has 2 fully saturated rings. The number of rotatable bonds is 5. The van der Waals surface area contributed by atoms with Crippen molar-refractivity contribution in [1.29, 1.82) is 0 Å². The summed E-state index contributed by atoms with van der Waals surface area (Å²) in [5.41, 5.74) is 0. The van der Waals surface area contributed by atoms with E-state index in [-0.39, 0.29) is 18.1 Å². The summed E-state index contributed by atoms with van der Waals surface area (Å²) >= 11 is 0. The number of nitrogens with one attached hydrogen (secondary N) is 1. The van der Waals surface area contributed by atoms with Gasteiger partial charge < -0.3 is 10.4 Å². The van der Waals surface area contributed by atoms with Crippen LogP contribution in [0.2, 0.25) is 0 Å². The van der Waals surface area contributed by atoms with Gasteiger partial charge in [0.15, 0.2) is 0 Å². The standard InChI is InChI=1S/C14H26N2O2/c1-2-3-4-7-14(18)15-11-9-13(17)12-6-5-8-16(12)10-11/h11-13,17H,2-10H2,1H3,(H,15,18)/t11-,12?,13?/m1/s1. The topological polar surface area (TPSA) is 52.6 Å². The average Bonchev–Trinajstić information content (AvgIpc) is 2.78. The molecule has 0 aromatic heterocycles. The first-order valence-electron chi connectivity index (χ1n) is 7.42. The van der Waals surface area contributed by atoms with Crippen molar-refractivity contribution in [2.75, 3.05) is 13.1 Å². The number of aliphatic hydroxyl groups excluding tert-OH is 1. The summed E-state index contributed by atoms with van der Waals surface area (Å²) in [5, 5.41) is 13.2. The monoisotopic (exact) mass is 254 g/mol. The summed E-state index contributed by atoms with van der Waals surface area (Å²) in [6.07, 6.45) is 6.62. The minimum atomic E-state index is -0.262. The van der Waals surface area contributed by atoms with E-state index >= 15 is 0 Å². The van der Waals surface area contributed by atoms with Crippen LogP contribution in [0, 0.1) is 0 Å². The molecule has 18 heavy (non-hydrogen) atoms. The quantitative estimate of drug-likeness (QED) is 0.727. The third-order valence-electron chi connectivity index (χ3n) is 4.21. The van der Waals surface area contributed by atoms with E-state index in [1.807, 2.05) is 0 Å². The fourth-order valence-corrected chi connectivity index (χ4v) is 3.26. The minimum absolute atomic E-state index is 0.142. The fourth-order valence-electron chi connectivity index (χ4n) is 3.26. The first kappa shape index (κ1) is 13.8. The highest BCUT2D eigenvalue weighted by Gasteiger charge is 2.37. The Morgan fingerprint density at radius 1 is 1.44 bits per heavy atom. The van der Waals surface area contributed by atoms with Gasteiger partial charge in [0.05, 0.1) is 6.10 Å². The number of nitrogens with zero attached hydrogens (tertiary/aromatic N) is 1. The van der Waals surface area contributed by atoms with Crippen molar-refractivity contribution in [2.45, 2.75) is 70.1 Å². The maximum atomic E-state index is 11.8. The molecule has 0 spiro atoms. The second-order valence-corrected chi connectivity index (χ2v) is 5.73. The predicted octanol–water partition coefficient (Wildman–Crippen LogP) is 1.28. The molecule has 2 aliphatic rings. The van der Waals surface area contributed by atoms with Crippen molar-refractivity contribution >= 4 is 5.91 Å². The van der Waals surface area contributed by atoms with Crippen molar-refractivity contribution in [2.24, 2.45) is 0 Å². The number of carbonyl (C=O) groups excluding carboxylic acids is 1. The molecule has 3 atom stereocenters. The number of piperidine rings is 1. The molecular weight excluding hydrogens is 228 g/mol. The van der Waals surface area contributed by atoms with Crippen LogP contribution in [0.15, 0.2) is 0 Å². The molecular formula is C14H26N2O2. The van der Waals surface area contributed by atoms with Crippen LogP contribution in [0.3, 0.4) is 0 Å². The molecule has 4 heteroatoms. The highest BCUT2D eigenvalue weighted by molar-refractivity contribution is 5.76. The zero-order chi connectivity index (χ0) is 13.0. The first-order chi connectivity index (χ1) is 8.70. The summed E-state index contributed by atoms with van der Waals surface area (Å²) in [4.78, 5) is 14.1. The van der Waals surface area contributed by atoms with E-state index in [1.165, 1.54) is 6.42 Å². The molecule has 0 saturated carbocycles. The number of fused-ring (bicyclic) bond motifs is 1. The van der Waals surface area contributed by atoms with Gasteiger partial charge in [-0.15, -0.1) is 0 Å². The van der Waals surface area contributed by atoms with E-state index in [2.05, 4.69) is 17.1 Å². The van der Waals surface area contributed by atoms with Gasteiger partial charge in [-0.05, 0) is 32.2 Å². The molecule has 2 saturated heterocycles. The van der Waals surface area contributed by atoms with E-state index in [0.717, 1.165) is 45.2 Å². The van der Waals surface area contributed by atoms with Gasteiger partial charge in [0.2, 0.25) is 5.91 Å². The van der Waals surface area contributed by atoms with Crippen molar-refractivity contribution in [3.05, 3.63) is 0 Å². The Morgan fingerprint density at radius 2 is 2.28 bits per heavy atom. The zero-order valence-corrected chi connectivity index (χ0v) is 11.4. The second kappa shape index (κ2) is 6.53. The minimum Gasteiger partial charge on any atom is -0.391 e. The SMILES string of the molecule is CCCCCC(=O)N[C@@H]1CC(O)C2CCCN2C1. The summed E-state index contributed by atoms with van der Waals surface area (Å²) in [6, 6.07) is 0.488. The van der Waals surface area contributed by atoms with E-state index in [0.29, 0.717) is 12.5 Å². The molecule has 0 aromatic carbocycles. The van der Waals surface area contributed by atoms with Crippen molar-refractivity contribution in [3.8, 4) is 0 Å². The highest BCUT2D eigenvalue weighted by atomic mass is 16.3. The van der Waals surface area contributed by atoms with Crippen molar-refractivity contribution < 1.29 is 9.90 Å². The molecule has 0 radical (unpaired) electrons. The van der Waals surface area contributed by atoms with E-state index < -0.39 is 0 Å². The Labute approximate surface area is 110 Å². The van der Waals surface area contributed by atoms with Crippen LogP contribution in [0.4, 0.5) is 0 Å². The van der Waals surface area contributed by atoms with Gasteiger partial charge in [-0.3, -0.25) is 9.69 Å². The van der Waals surface area contributed by atoms with Crippen LogP contribution in [0.25, 0.3) is 0 Å². The Balaban J connectivity index is 1.74. The molecule has 1 amide bonds. The first-order valence-corrected chi connectivity index (χ1v) is 7.42. The lowest BCUT2D eigenvalue weighted by Crippen LogP contribution is -2.55. The second-order valence-electron chi connectivity index (χ2n) is 5.73.